The fraction of sp³-hybridized carbons (Fsp3) is 0.250. The zero-order valence-electron chi connectivity index (χ0n) is 15.8. The van der Waals surface area contributed by atoms with Crippen molar-refractivity contribution in [1.29, 1.82) is 0 Å². The summed E-state index contributed by atoms with van der Waals surface area (Å²) in [6.45, 7) is 0.842. The van der Waals surface area contributed by atoms with Crippen LogP contribution in [0.15, 0.2) is 41.6 Å². The minimum absolute atomic E-state index is 0.0163. The highest BCUT2D eigenvalue weighted by Crippen LogP contribution is 2.32. The number of Topliss-reactive ketones (excluding diaryl/α,β-unsaturated/α-hetero) is 1. The average Bonchev–Trinajstić information content (AvgIpc) is 3.19. The second-order valence-corrected chi connectivity index (χ2v) is 5.95. The molecular formula is C20H18FNO7. The van der Waals surface area contributed by atoms with Crippen molar-refractivity contribution >= 4 is 17.5 Å². The Balaban J connectivity index is 1.46. The van der Waals surface area contributed by atoms with Gasteiger partial charge in [0.15, 0.2) is 35.5 Å². The number of benzene rings is 2. The van der Waals surface area contributed by atoms with Gasteiger partial charge >= 0.3 is 5.97 Å². The molecule has 0 saturated carbocycles. The lowest BCUT2D eigenvalue weighted by Gasteiger charge is -2.06. The summed E-state index contributed by atoms with van der Waals surface area (Å²) in [5.74, 6) is -0.754. The van der Waals surface area contributed by atoms with Crippen LogP contribution in [-0.4, -0.2) is 44.6 Å². The van der Waals surface area contributed by atoms with Gasteiger partial charge in [-0.15, -0.1) is 0 Å². The Hall–Kier alpha value is -3.62. The molecule has 1 aliphatic rings. The molecule has 0 unspecified atom stereocenters. The van der Waals surface area contributed by atoms with Crippen molar-refractivity contribution in [1.82, 2.24) is 0 Å². The van der Waals surface area contributed by atoms with Gasteiger partial charge in [0, 0.05) is 11.1 Å². The van der Waals surface area contributed by atoms with Gasteiger partial charge in [0.1, 0.15) is 0 Å². The maximum absolute atomic E-state index is 13.6. The minimum Gasteiger partial charge on any atom is -0.494 e. The van der Waals surface area contributed by atoms with Gasteiger partial charge in [-0.05, 0) is 43.3 Å². The van der Waals surface area contributed by atoms with E-state index in [0.717, 1.165) is 11.6 Å². The van der Waals surface area contributed by atoms with Crippen molar-refractivity contribution in [2.75, 3.05) is 27.1 Å². The summed E-state index contributed by atoms with van der Waals surface area (Å²) in [6.07, 6.45) is 0. The van der Waals surface area contributed by atoms with E-state index in [1.165, 1.54) is 19.2 Å². The summed E-state index contributed by atoms with van der Waals surface area (Å²) in [5, 5.41) is 3.85. The normalized spacial score (nSPS) is 12.4. The highest BCUT2D eigenvalue weighted by Gasteiger charge is 2.15. The monoisotopic (exact) mass is 403 g/mol. The lowest BCUT2D eigenvalue weighted by Crippen LogP contribution is -2.17. The zero-order valence-corrected chi connectivity index (χ0v) is 15.8. The van der Waals surface area contributed by atoms with Gasteiger partial charge in [-0.2, -0.15) is 0 Å². The number of halogens is 1. The number of carbonyl (C=O) groups is 2. The number of carbonyl (C=O) groups excluding carboxylic acids is 2. The SMILES string of the molecule is COc1ccc(C(=O)COC(=O)CO/N=C(/C)c2ccc3c(c2)OCO3)cc1F. The summed E-state index contributed by atoms with van der Waals surface area (Å²) in [7, 11) is 1.32. The van der Waals surface area contributed by atoms with E-state index in [4.69, 9.17) is 23.8 Å². The molecule has 2 aromatic carbocycles. The van der Waals surface area contributed by atoms with Crippen molar-refractivity contribution in [3.05, 3.63) is 53.3 Å². The van der Waals surface area contributed by atoms with Gasteiger partial charge in [0.2, 0.25) is 13.4 Å². The van der Waals surface area contributed by atoms with Crippen LogP contribution in [0.4, 0.5) is 4.39 Å². The molecule has 0 fully saturated rings. The number of ketones is 1. The number of fused-ring (bicyclic) bond motifs is 1. The summed E-state index contributed by atoms with van der Waals surface area (Å²) in [6, 6.07) is 8.99. The zero-order chi connectivity index (χ0) is 20.8. The first-order valence-corrected chi connectivity index (χ1v) is 8.57. The molecule has 8 nitrogen and oxygen atoms in total. The van der Waals surface area contributed by atoms with Gasteiger partial charge in [-0.1, -0.05) is 5.16 Å². The minimum atomic E-state index is -0.783. The molecule has 0 saturated heterocycles. The third-order valence-electron chi connectivity index (χ3n) is 4.01. The summed E-state index contributed by atoms with van der Waals surface area (Å²) in [4.78, 5) is 28.7. The molecule has 1 aliphatic heterocycles. The van der Waals surface area contributed by atoms with Gasteiger partial charge in [-0.3, -0.25) is 4.79 Å². The Morgan fingerprint density at radius 1 is 1.07 bits per heavy atom. The predicted molar refractivity (Wildman–Crippen MR) is 99.0 cm³/mol. The van der Waals surface area contributed by atoms with E-state index in [-0.39, 0.29) is 18.1 Å². The van der Waals surface area contributed by atoms with E-state index in [2.05, 4.69) is 5.16 Å². The second kappa shape index (κ2) is 9.05. The first kappa shape index (κ1) is 20.1. The molecule has 0 N–H and O–H groups in total. The Labute approximate surface area is 165 Å². The Morgan fingerprint density at radius 2 is 1.83 bits per heavy atom. The van der Waals surface area contributed by atoms with E-state index >= 15 is 0 Å². The molecule has 0 bridgehead atoms. The van der Waals surface area contributed by atoms with E-state index in [1.807, 2.05) is 0 Å². The summed E-state index contributed by atoms with van der Waals surface area (Å²) >= 11 is 0. The molecule has 0 aliphatic carbocycles. The number of hydrogen-bond acceptors (Lipinski definition) is 8. The van der Waals surface area contributed by atoms with E-state index in [9.17, 15) is 14.0 Å². The standard InChI is InChI=1S/C20H18FNO7/c1-12(13-3-6-18-19(8-13)28-11-27-18)22-29-10-20(24)26-9-16(23)14-4-5-17(25-2)15(21)7-14/h3-8H,9-11H2,1-2H3/b22-12-. The van der Waals surface area contributed by atoms with Crippen LogP contribution in [0.1, 0.15) is 22.8 Å². The summed E-state index contributed by atoms with van der Waals surface area (Å²) < 4.78 is 33.8. The molecule has 29 heavy (non-hydrogen) atoms. The van der Waals surface area contributed by atoms with Gasteiger partial charge in [0.25, 0.3) is 0 Å². The lowest BCUT2D eigenvalue weighted by atomic mass is 10.1. The number of hydrogen-bond donors (Lipinski definition) is 0. The van der Waals surface area contributed by atoms with Crippen LogP contribution in [0.25, 0.3) is 0 Å². The molecule has 0 radical (unpaired) electrons. The van der Waals surface area contributed by atoms with Crippen LogP contribution in [0.3, 0.4) is 0 Å². The highest BCUT2D eigenvalue weighted by molar-refractivity contribution is 5.99. The lowest BCUT2D eigenvalue weighted by molar-refractivity contribution is -0.147. The average molecular weight is 403 g/mol. The van der Waals surface area contributed by atoms with Crippen molar-refractivity contribution < 1.29 is 37.8 Å². The Morgan fingerprint density at radius 3 is 2.59 bits per heavy atom. The fourth-order valence-electron chi connectivity index (χ4n) is 2.47. The van der Waals surface area contributed by atoms with Crippen LogP contribution < -0.4 is 14.2 Å². The quantitative estimate of drug-likeness (QED) is 0.290. The third kappa shape index (κ3) is 5.01. The maximum atomic E-state index is 13.6. The Kier molecular flexibility index (Phi) is 6.28. The van der Waals surface area contributed by atoms with Crippen molar-refractivity contribution in [2.45, 2.75) is 6.92 Å². The molecule has 0 aromatic heterocycles. The number of esters is 1. The molecular weight excluding hydrogens is 385 g/mol. The van der Waals surface area contributed by atoms with E-state index in [0.29, 0.717) is 17.2 Å². The van der Waals surface area contributed by atoms with Crippen LogP contribution >= 0.6 is 0 Å². The number of nitrogens with zero attached hydrogens (tertiary/aromatic N) is 1. The number of rotatable bonds is 8. The van der Waals surface area contributed by atoms with E-state index < -0.39 is 30.8 Å². The maximum Gasteiger partial charge on any atom is 0.347 e. The first-order valence-electron chi connectivity index (χ1n) is 8.57. The van der Waals surface area contributed by atoms with Crippen LogP contribution in [0, 0.1) is 5.82 Å². The van der Waals surface area contributed by atoms with Gasteiger partial charge in [-0.25, -0.2) is 9.18 Å². The van der Waals surface area contributed by atoms with Crippen molar-refractivity contribution in [3.8, 4) is 17.2 Å². The summed E-state index contributed by atoms with van der Waals surface area (Å²) in [5.41, 5.74) is 1.31. The molecule has 0 spiro atoms. The van der Waals surface area contributed by atoms with E-state index in [1.54, 1.807) is 25.1 Å². The topological polar surface area (TPSA) is 92.7 Å². The largest absolute Gasteiger partial charge is 0.494 e. The number of oxime groups is 1. The number of ether oxygens (including phenoxy) is 4. The van der Waals surface area contributed by atoms with Crippen LogP contribution in [0.5, 0.6) is 17.2 Å². The van der Waals surface area contributed by atoms with Crippen LogP contribution in [0.2, 0.25) is 0 Å². The molecule has 0 atom stereocenters. The fourth-order valence-corrected chi connectivity index (χ4v) is 2.47. The first-order chi connectivity index (χ1) is 14.0. The smallest absolute Gasteiger partial charge is 0.347 e. The van der Waals surface area contributed by atoms with Crippen molar-refractivity contribution in [2.24, 2.45) is 5.16 Å². The molecule has 3 rings (SSSR count). The van der Waals surface area contributed by atoms with Crippen molar-refractivity contribution in [3.63, 3.8) is 0 Å². The molecule has 9 heteroatoms. The Bertz CT molecular complexity index is 958. The molecule has 0 amide bonds. The molecule has 152 valence electrons. The number of methoxy groups -OCH3 is 1. The second-order valence-electron chi connectivity index (χ2n) is 5.95. The highest BCUT2D eigenvalue weighted by atomic mass is 19.1. The predicted octanol–water partition coefficient (Wildman–Crippen LogP) is 2.73. The van der Waals surface area contributed by atoms with Crippen LogP contribution in [-0.2, 0) is 14.4 Å². The van der Waals surface area contributed by atoms with Gasteiger partial charge < -0.3 is 23.8 Å². The molecule has 2 aromatic rings. The molecule has 1 heterocycles. The van der Waals surface area contributed by atoms with Gasteiger partial charge in [0.05, 0.1) is 12.8 Å². The third-order valence-corrected chi connectivity index (χ3v) is 4.01.